The number of hydrogen-bond donors (Lipinski definition) is 2. The number of pyridine rings is 1. The Balaban J connectivity index is 2.42. The highest BCUT2D eigenvalue weighted by Crippen LogP contribution is 2.10. The standard InChI is InChI=1S/C12H16BrN3O3/c1-8(12(18)19)6-16(2)7-11(17)15-10-4-3-9(13)5-14-10/h3-5,8H,6-7H2,1-2H3,(H,18,19)(H,14,15,17). The van der Waals surface area contributed by atoms with Gasteiger partial charge < -0.3 is 10.4 Å². The molecule has 2 N–H and O–H groups in total. The van der Waals surface area contributed by atoms with Gasteiger partial charge in [0.15, 0.2) is 0 Å². The fourth-order valence-electron chi connectivity index (χ4n) is 1.49. The first-order valence-corrected chi connectivity index (χ1v) is 6.50. The predicted octanol–water partition coefficient (Wildman–Crippen LogP) is 1.44. The minimum absolute atomic E-state index is 0.120. The summed E-state index contributed by atoms with van der Waals surface area (Å²) in [6, 6.07) is 3.46. The van der Waals surface area contributed by atoms with Crippen molar-refractivity contribution in [1.29, 1.82) is 0 Å². The summed E-state index contributed by atoms with van der Waals surface area (Å²) in [6.07, 6.45) is 1.59. The summed E-state index contributed by atoms with van der Waals surface area (Å²) in [6.45, 7) is 2.04. The molecule has 0 radical (unpaired) electrons. The number of nitrogens with one attached hydrogen (secondary N) is 1. The number of nitrogens with zero attached hydrogens (tertiary/aromatic N) is 2. The highest BCUT2D eigenvalue weighted by atomic mass is 79.9. The molecule has 0 aromatic carbocycles. The number of aliphatic carboxylic acids is 1. The molecule has 104 valence electrons. The van der Waals surface area contributed by atoms with Crippen LogP contribution in [0.25, 0.3) is 0 Å². The zero-order valence-corrected chi connectivity index (χ0v) is 12.3. The Hall–Kier alpha value is -1.47. The fourth-order valence-corrected chi connectivity index (χ4v) is 1.72. The maximum Gasteiger partial charge on any atom is 0.307 e. The van der Waals surface area contributed by atoms with E-state index in [9.17, 15) is 9.59 Å². The van der Waals surface area contributed by atoms with E-state index >= 15 is 0 Å². The molecule has 1 aromatic heterocycles. The Labute approximate surface area is 120 Å². The number of hydrogen-bond acceptors (Lipinski definition) is 4. The van der Waals surface area contributed by atoms with Gasteiger partial charge in [0.2, 0.25) is 5.91 Å². The normalized spacial score (nSPS) is 12.2. The van der Waals surface area contributed by atoms with Gasteiger partial charge >= 0.3 is 5.97 Å². The van der Waals surface area contributed by atoms with Gasteiger partial charge in [-0.1, -0.05) is 6.92 Å². The third-order valence-corrected chi connectivity index (χ3v) is 2.88. The average Bonchev–Trinajstić information content (AvgIpc) is 2.31. The summed E-state index contributed by atoms with van der Waals surface area (Å²) in [4.78, 5) is 28.1. The highest BCUT2D eigenvalue weighted by Gasteiger charge is 2.15. The molecule has 1 rings (SSSR count). The van der Waals surface area contributed by atoms with Crippen molar-refractivity contribution >= 4 is 33.6 Å². The van der Waals surface area contributed by atoms with Gasteiger partial charge in [-0.25, -0.2) is 4.98 Å². The van der Waals surface area contributed by atoms with Crippen LogP contribution in [0.2, 0.25) is 0 Å². The minimum atomic E-state index is -0.873. The van der Waals surface area contributed by atoms with Crippen molar-refractivity contribution in [3.63, 3.8) is 0 Å². The Bertz CT molecular complexity index is 450. The molecule has 1 amide bonds. The molecule has 0 aliphatic heterocycles. The zero-order chi connectivity index (χ0) is 14.4. The number of rotatable bonds is 6. The lowest BCUT2D eigenvalue weighted by atomic mass is 10.2. The molecule has 0 aliphatic rings. The highest BCUT2D eigenvalue weighted by molar-refractivity contribution is 9.10. The van der Waals surface area contributed by atoms with Crippen molar-refractivity contribution in [2.45, 2.75) is 6.92 Å². The smallest absolute Gasteiger partial charge is 0.307 e. The van der Waals surface area contributed by atoms with Crippen molar-refractivity contribution in [1.82, 2.24) is 9.88 Å². The van der Waals surface area contributed by atoms with E-state index in [0.717, 1.165) is 4.47 Å². The molecule has 0 aliphatic carbocycles. The Kier molecular flexibility index (Phi) is 5.91. The molecular formula is C12H16BrN3O3. The van der Waals surface area contributed by atoms with Gasteiger partial charge in [-0.05, 0) is 35.1 Å². The SMILES string of the molecule is CC(CN(C)CC(=O)Nc1ccc(Br)cn1)C(=O)O. The van der Waals surface area contributed by atoms with Gasteiger partial charge in [0.25, 0.3) is 0 Å². The fraction of sp³-hybridized carbons (Fsp3) is 0.417. The predicted molar refractivity (Wildman–Crippen MR) is 74.9 cm³/mol. The number of amides is 1. The van der Waals surface area contributed by atoms with Crippen molar-refractivity contribution in [3.05, 3.63) is 22.8 Å². The molecule has 1 heterocycles. The molecule has 1 atom stereocenters. The van der Waals surface area contributed by atoms with E-state index in [4.69, 9.17) is 5.11 Å². The third kappa shape index (κ3) is 5.80. The number of carboxylic acids is 1. The monoisotopic (exact) mass is 329 g/mol. The molecular weight excluding hydrogens is 314 g/mol. The number of carboxylic acid groups (broad SMARTS) is 1. The van der Waals surface area contributed by atoms with Crippen LogP contribution in [0.5, 0.6) is 0 Å². The number of anilines is 1. The van der Waals surface area contributed by atoms with Gasteiger partial charge in [-0.15, -0.1) is 0 Å². The maximum atomic E-state index is 11.7. The molecule has 0 saturated heterocycles. The summed E-state index contributed by atoms with van der Waals surface area (Å²) in [5.41, 5.74) is 0. The van der Waals surface area contributed by atoms with Crippen molar-refractivity contribution in [2.24, 2.45) is 5.92 Å². The molecule has 6 nitrogen and oxygen atoms in total. The lowest BCUT2D eigenvalue weighted by molar-refractivity contribution is -0.141. The first-order valence-electron chi connectivity index (χ1n) is 5.71. The third-order valence-electron chi connectivity index (χ3n) is 2.42. The van der Waals surface area contributed by atoms with E-state index in [1.807, 2.05) is 0 Å². The summed E-state index contributed by atoms with van der Waals surface area (Å²) < 4.78 is 0.831. The summed E-state index contributed by atoms with van der Waals surface area (Å²) >= 11 is 3.25. The first-order chi connectivity index (χ1) is 8.88. The molecule has 19 heavy (non-hydrogen) atoms. The lowest BCUT2D eigenvalue weighted by Gasteiger charge is -2.18. The number of aromatic nitrogens is 1. The van der Waals surface area contributed by atoms with Crippen molar-refractivity contribution < 1.29 is 14.7 Å². The number of carbonyl (C=O) groups is 2. The Morgan fingerprint density at radius 1 is 1.53 bits per heavy atom. The summed E-state index contributed by atoms with van der Waals surface area (Å²) in [7, 11) is 1.70. The molecule has 0 saturated carbocycles. The van der Waals surface area contributed by atoms with Gasteiger partial charge in [-0.2, -0.15) is 0 Å². The molecule has 1 aromatic rings. The average molecular weight is 330 g/mol. The minimum Gasteiger partial charge on any atom is -0.481 e. The zero-order valence-electron chi connectivity index (χ0n) is 10.8. The molecule has 7 heteroatoms. The van der Waals surface area contributed by atoms with E-state index in [0.29, 0.717) is 12.4 Å². The summed E-state index contributed by atoms with van der Waals surface area (Å²) in [5.74, 6) is -1.15. The number of carbonyl (C=O) groups excluding carboxylic acids is 1. The van der Waals surface area contributed by atoms with Crippen molar-refractivity contribution in [2.75, 3.05) is 25.5 Å². The van der Waals surface area contributed by atoms with Crippen LogP contribution < -0.4 is 5.32 Å². The second-order valence-electron chi connectivity index (χ2n) is 4.35. The van der Waals surface area contributed by atoms with E-state index in [1.165, 1.54) is 0 Å². The van der Waals surface area contributed by atoms with Crippen LogP contribution in [0.15, 0.2) is 22.8 Å². The van der Waals surface area contributed by atoms with E-state index in [1.54, 1.807) is 37.2 Å². The first kappa shape index (κ1) is 15.6. The molecule has 0 bridgehead atoms. The number of likely N-dealkylation sites (N-methyl/N-ethyl adjacent to an activating group) is 1. The van der Waals surface area contributed by atoms with E-state index in [-0.39, 0.29) is 12.5 Å². The number of halogens is 1. The topological polar surface area (TPSA) is 82.5 Å². The Morgan fingerprint density at radius 2 is 2.21 bits per heavy atom. The van der Waals surface area contributed by atoms with E-state index < -0.39 is 11.9 Å². The van der Waals surface area contributed by atoms with Gasteiger partial charge in [0.05, 0.1) is 12.5 Å². The second-order valence-corrected chi connectivity index (χ2v) is 5.26. The van der Waals surface area contributed by atoms with Crippen molar-refractivity contribution in [3.8, 4) is 0 Å². The van der Waals surface area contributed by atoms with Crippen LogP contribution >= 0.6 is 15.9 Å². The van der Waals surface area contributed by atoms with Gasteiger partial charge in [0.1, 0.15) is 5.82 Å². The van der Waals surface area contributed by atoms with Crippen LogP contribution in [0, 0.1) is 5.92 Å². The van der Waals surface area contributed by atoms with E-state index in [2.05, 4.69) is 26.2 Å². The molecule has 0 fully saturated rings. The van der Waals surface area contributed by atoms with Crippen LogP contribution in [-0.2, 0) is 9.59 Å². The largest absolute Gasteiger partial charge is 0.481 e. The van der Waals surface area contributed by atoms with Gasteiger partial charge in [-0.3, -0.25) is 14.5 Å². The quantitative estimate of drug-likeness (QED) is 0.825. The van der Waals surface area contributed by atoms with Crippen LogP contribution in [0.1, 0.15) is 6.92 Å². The maximum absolute atomic E-state index is 11.7. The molecule has 1 unspecified atom stereocenters. The van der Waals surface area contributed by atoms with Gasteiger partial charge in [0, 0.05) is 17.2 Å². The second kappa shape index (κ2) is 7.20. The van der Waals surface area contributed by atoms with Crippen LogP contribution in [-0.4, -0.2) is 47.0 Å². The summed E-state index contributed by atoms with van der Waals surface area (Å²) in [5, 5.41) is 11.4. The lowest BCUT2D eigenvalue weighted by Crippen LogP contribution is -2.35. The van der Waals surface area contributed by atoms with Crippen LogP contribution in [0.4, 0.5) is 5.82 Å². The van der Waals surface area contributed by atoms with Crippen LogP contribution in [0.3, 0.4) is 0 Å². The Morgan fingerprint density at radius 3 is 2.74 bits per heavy atom. The molecule has 0 spiro atoms.